The standard InChI is InChI=1S/C15H23NO3/c1-6-15(18,11(2)14(17)16(3)4)12-8-7-9-13(10-12)19-5/h7-11,18H,6H2,1-5H3/t11-,15?/m0/s1. The number of hydrogen-bond donors (Lipinski definition) is 1. The Labute approximate surface area is 115 Å². The molecule has 1 rings (SSSR count). The molecule has 1 N–H and O–H groups in total. The van der Waals surface area contributed by atoms with Gasteiger partial charge in [0.05, 0.1) is 13.0 Å². The minimum absolute atomic E-state index is 0.0906. The van der Waals surface area contributed by atoms with Crippen LogP contribution in [0, 0.1) is 5.92 Å². The number of hydrogen-bond acceptors (Lipinski definition) is 3. The summed E-state index contributed by atoms with van der Waals surface area (Å²) in [5.74, 6) is 0.0700. The lowest BCUT2D eigenvalue weighted by atomic mass is 9.79. The first kappa shape index (κ1) is 15.5. The molecule has 0 heterocycles. The van der Waals surface area contributed by atoms with E-state index in [1.54, 1.807) is 34.2 Å². The van der Waals surface area contributed by atoms with Crippen LogP contribution in [0.5, 0.6) is 5.75 Å². The number of amides is 1. The highest BCUT2D eigenvalue weighted by atomic mass is 16.5. The van der Waals surface area contributed by atoms with Crippen molar-refractivity contribution >= 4 is 5.91 Å². The second-order valence-electron chi connectivity index (χ2n) is 4.96. The molecular formula is C15H23NO3. The zero-order valence-corrected chi connectivity index (χ0v) is 12.3. The van der Waals surface area contributed by atoms with Crippen LogP contribution in [-0.4, -0.2) is 37.1 Å². The molecule has 0 fully saturated rings. The number of ether oxygens (including phenoxy) is 1. The molecule has 4 nitrogen and oxygen atoms in total. The third-order valence-corrected chi connectivity index (χ3v) is 3.64. The Kier molecular flexibility index (Phi) is 4.95. The number of methoxy groups -OCH3 is 1. The average Bonchev–Trinajstić information content (AvgIpc) is 2.44. The van der Waals surface area contributed by atoms with E-state index >= 15 is 0 Å². The number of carbonyl (C=O) groups is 1. The predicted molar refractivity (Wildman–Crippen MR) is 75.0 cm³/mol. The molecule has 1 unspecified atom stereocenters. The third-order valence-electron chi connectivity index (χ3n) is 3.64. The summed E-state index contributed by atoms with van der Waals surface area (Å²) in [7, 11) is 4.97. The molecule has 0 aliphatic carbocycles. The SMILES string of the molecule is CCC(O)(c1cccc(OC)c1)[C@@H](C)C(=O)N(C)C. The quantitative estimate of drug-likeness (QED) is 0.886. The highest BCUT2D eigenvalue weighted by molar-refractivity contribution is 5.79. The van der Waals surface area contributed by atoms with Crippen LogP contribution in [-0.2, 0) is 10.4 Å². The molecule has 0 aliphatic rings. The highest BCUT2D eigenvalue weighted by Crippen LogP contribution is 2.35. The first-order valence-electron chi connectivity index (χ1n) is 6.44. The van der Waals surface area contributed by atoms with E-state index in [-0.39, 0.29) is 5.91 Å². The fraction of sp³-hybridized carbons (Fsp3) is 0.533. The van der Waals surface area contributed by atoms with E-state index in [0.717, 1.165) is 0 Å². The van der Waals surface area contributed by atoms with Gasteiger partial charge in [-0.15, -0.1) is 0 Å². The van der Waals surface area contributed by atoms with Crippen molar-refractivity contribution in [2.45, 2.75) is 25.9 Å². The zero-order chi connectivity index (χ0) is 14.6. The minimum Gasteiger partial charge on any atom is -0.497 e. The summed E-state index contributed by atoms with van der Waals surface area (Å²) in [4.78, 5) is 13.6. The topological polar surface area (TPSA) is 49.8 Å². The van der Waals surface area contributed by atoms with Gasteiger partial charge < -0.3 is 14.7 Å². The van der Waals surface area contributed by atoms with Crippen LogP contribution in [0.1, 0.15) is 25.8 Å². The van der Waals surface area contributed by atoms with E-state index in [9.17, 15) is 9.90 Å². The first-order valence-corrected chi connectivity index (χ1v) is 6.44. The summed E-state index contributed by atoms with van der Waals surface area (Å²) < 4.78 is 5.18. The van der Waals surface area contributed by atoms with Crippen LogP contribution in [0.3, 0.4) is 0 Å². The number of carbonyl (C=O) groups excluding carboxylic acids is 1. The van der Waals surface area contributed by atoms with Crippen LogP contribution >= 0.6 is 0 Å². The van der Waals surface area contributed by atoms with Gasteiger partial charge in [-0.3, -0.25) is 4.79 Å². The molecule has 0 saturated carbocycles. The maximum atomic E-state index is 12.1. The van der Waals surface area contributed by atoms with Crippen molar-refractivity contribution in [2.75, 3.05) is 21.2 Å². The van der Waals surface area contributed by atoms with E-state index in [1.165, 1.54) is 4.90 Å². The van der Waals surface area contributed by atoms with Gasteiger partial charge >= 0.3 is 0 Å². The molecule has 1 aromatic rings. The molecular weight excluding hydrogens is 242 g/mol. The highest BCUT2D eigenvalue weighted by Gasteiger charge is 2.39. The maximum absolute atomic E-state index is 12.1. The third kappa shape index (κ3) is 3.07. The molecule has 0 radical (unpaired) electrons. The summed E-state index contributed by atoms with van der Waals surface area (Å²) in [5, 5.41) is 10.9. The van der Waals surface area contributed by atoms with Gasteiger partial charge in [-0.05, 0) is 24.1 Å². The molecule has 0 aliphatic heterocycles. The normalized spacial score (nSPS) is 15.5. The van der Waals surface area contributed by atoms with E-state index in [2.05, 4.69) is 0 Å². The van der Waals surface area contributed by atoms with Crippen LogP contribution in [0.25, 0.3) is 0 Å². The van der Waals surface area contributed by atoms with Gasteiger partial charge in [0.25, 0.3) is 0 Å². The monoisotopic (exact) mass is 265 g/mol. The Morgan fingerprint density at radius 3 is 2.58 bits per heavy atom. The molecule has 106 valence electrons. The van der Waals surface area contributed by atoms with Gasteiger partial charge in [0.1, 0.15) is 11.4 Å². The molecule has 0 spiro atoms. The van der Waals surface area contributed by atoms with Crippen molar-refractivity contribution < 1.29 is 14.6 Å². The number of rotatable bonds is 5. The predicted octanol–water partition coefficient (Wildman–Crippen LogP) is 2.02. The lowest BCUT2D eigenvalue weighted by molar-refractivity contribution is -0.143. The van der Waals surface area contributed by atoms with Crippen molar-refractivity contribution in [1.29, 1.82) is 0 Å². The van der Waals surface area contributed by atoms with Crippen molar-refractivity contribution in [3.8, 4) is 5.75 Å². The lowest BCUT2D eigenvalue weighted by Crippen LogP contribution is -2.42. The Hall–Kier alpha value is -1.55. The fourth-order valence-corrected chi connectivity index (χ4v) is 2.24. The smallest absolute Gasteiger partial charge is 0.228 e. The van der Waals surface area contributed by atoms with E-state index in [1.807, 2.05) is 25.1 Å². The molecule has 1 amide bonds. The van der Waals surface area contributed by atoms with Crippen molar-refractivity contribution in [2.24, 2.45) is 5.92 Å². The molecule has 0 saturated heterocycles. The molecule has 4 heteroatoms. The first-order chi connectivity index (χ1) is 8.86. The lowest BCUT2D eigenvalue weighted by Gasteiger charge is -2.34. The van der Waals surface area contributed by atoms with Crippen LogP contribution < -0.4 is 4.74 Å². The van der Waals surface area contributed by atoms with Crippen molar-refractivity contribution in [3.63, 3.8) is 0 Å². The van der Waals surface area contributed by atoms with E-state index in [0.29, 0.717) is 17.7 Å². The van der Waals surface area contributed by atoms with Gasteiger partial charge in [0.2, 0.25) is 5.91 Å². The molecule has 1 aromatic carbocycles. The maximum Gasteiger partial charge on any atom is 0.228 e. The molecule has 0 aromatic heterocycles. The zero-order valence-electron chi connectivity index (χ0n) is 12.3. The Balaban J connectivity index is 3.18. The summed E-state index contributed by atoms with van der Waals surface area (Å²) in [6.07, 6.45) is 0.459. The van der Waals surface area contributed by atoms with Gasteiger partial charge in [-0.1, -0.05) is 26.0 Å². The van der Waals surface area contributed by atoms with Crippen LogP contribution in [0.2, 0.25) is 0 Å². The fourth-order valence-electron chi connectivity index (χ4n) is 2.24. The van der Waals surface area contributed by atoms with Crippen LogP contribution in [0.15, 0.2) is 24.3 Å². The van der Waals surface area contributed by atoms with Gasteiger partial charge in [0.15, 0.2) is 0 Å². The van der Waals surface area contributed by atoms with Crippen molar-refractivity contribution in [3.05, 3.63) is 29.8 Å². The van der Waals surface area contributed by atoms with Gasteiger partial charge in [0, 0.05) is 14.1 Å². The average molecular weight is 265 g/mol. The van der Waals surface area contributed by atoms with Gasteiger partial charge in [-0.2, -0.15) is 0 Å². The summed E-state index contributed by atoms with van der Waals surface area (Å²) in [5.41, 5.74) is -0.479. The summed E-state index contributed by atoms with van der Waals surface area (Å²) in [6, 6.07) is 7.24. The number of benzene rings is 1. The van der Waals surface area contributed by atoms with Crippen LogP contribution in [0.4, 0.5) is 0 Å². The molecule has 2 atom stereocenters. The van der Waals surface area contributed by atoms with E-state index in [4.69, 9.17) is 4.74 Å². The van der Waals surface area contributed by atoms with Crippen molar-refractivity contribution in [1.82, 2.24) is 4.90 Å². The Morgan fingerprint density at radius 1 is 1.47 bits per heavy atom. The van der Waals surface area contributed by atoms with E-state index < -0.39 is 11.5 Å². The molecule has 0 bridgehead atoms. The summed E-state index contributed by atoms with van der Waals surface area (Å²) in [6.45, 7) is 3.63. The second-order valence-corrected chi connectivity index (χ2v) is 4.96. The van der Waals surface area contributed by atoms with Gasteiger partial charge in [-0.25, -0.2) is 0 Å². The summed E-state index contributed by atoms with van der Waals surface area (Å²) >= 11 is 0. The Bertz CT molecular complexity index is 445. The molecule has 19 heavy (non-hydrogen) atoms. The number of aliphatic hydroxyl groups is 1. The largest absolute Gasteiger partial charge is 0.497 e. The Morgan fingerprint density at radius 2 is 2.11 bits per heavy atom. The minimum atomic E-state index is -1.18. The number of nitrogens with zero attached hydrogens (tertiary/aromatic N) is 1. The second kappa shape index (κ2) is 6.06.